The van der Waals surface area contributed by atoms with Crippen LogP contribution in [0.1, 0.15) is 29.2 Å². The molecular weight excluding hydrogens is 419 g/mol. The number of primary amides is 1. The Hall–Kier alpha value is -3.62. The summed E-state index contributed by atoms with van der Waals surface area (Å²) in [7, 11) is 1.63. The third-order valence-corrected chi connectivity index (χ3v) is 4.85. The lowest BCUT2D eigenvalue weighted by atomic mass is 10.1. The first-order valence-electron chi connectivity index (χ1n) is 9.92. The molecule has 0 aliphatic carbocycles. The maximum atomic E-state index is 15.0. The van der Waals surface area contributed by atoms with E-state index in [0.717, 1.165) is 18.1 Å². The van der Waals surface area contributed by atoms with Crippen LogP contribution in [0.4, 0.5) is 24.8 Å². The molecule has 3 N–H and O–H groups in total. The lowest BCUT2D eigenvalue weighted by Gasteiger charge is -2.20. The molecule has 0 spiro atoms. The van der Waals surface area contributed by atoms with Gasteiger partial charge in [0, 0.05) is 32.6 Å². The van der Waals surface area contributed by atoms with Crippen molar-refractivity contribution in [2.45, 2.75) is 32.4 Å². The van der Waals surface area contributed by atoms with Crippen molar-refractivity contribution in [1.82, 2.24) is 9.97 Å². The van der Waals surface area contributed by atoms with Gasteiger partial charge in [-0.15, -0.1) is 0 Å². The number of benzene rings is 2. The first-order valence-corrected chi connectivity index (χ1v) is 9.92. The van der Waals surface area contributed by atoms with Crippen molar-refractivity contribution in [3.05, 3.63) is 82.9 Å². The Labute approximate surface area is 184 Å². The second-order valence-corrected chi connectivity index (χ2v) is 7.62. The number of amides is 1. The summed E-state index contributed by atoms with van der Waals surface area (Å²) in [5, 5.41) is 2.93. The van der Waals surface area contributed by atoms with Crippen LogP contribution < -0.4 is 16.0 Å². The van der Waals surface area contributed by atoms with E-state index in [-0.39, 0.29) is 30.2 Å². The zero-order chi connectivity index (χ0) is 23.3. The lowest BCUT2D eigenvalue weighted by molar-refractivity contribution is -0.117. The van der Waals surface area contributed by atoms with Crippen LogP contribution in [0.2, 0.25) is 0 Å². The predicted octanol–water partition coefficient (Wildman–Crippen LogP) is 4.00. The van der Waals surface area contributed by atoms with E-state index in [2.05, 4.69) is 15.3 Å². The highest BCUT2D eigenvalue weighted by molar-refractivity contribution is 5.76. The molecule has 0 bridgehead atoms. The summed E-state index contributed by atoms with van der Waals surface area (Å²) in [5.41, 5.74) is 7.35. The predicted molar refractivity (Wildman–Crippen MR) is 117 cm³/mol. The van der Waals surface area contributed by atoms with Gasteiger partial charge in [-0.1, -0.05) is 42.5 Å². The van der Waals surface area contributed by atoms with E-state index in [1.165, 1.54) is 23.4 Å². The van der Waals surface area contributed by atoms with Crippen LogP contribution in [0.15, 0.2) is 54.9 Å². The average molecular weight is 443 g/mol. The Morgan fingerprint density at radius 3 is 2.44 bits per heavy atom. The van der Waals surface area contributed by atoms with Gasteiger partial charge in [0.25, 0.3) is 5.92 Å². The Bertz CT molecular complexity index is 1080. The van der Waals surface area contributed by atoms with Crippen LogP contribution in [0.25, 0.3) is 0 Å². The van der Waals surface area contributed by atoms with E-state index >= 15 is 4.39 Å². The number of nitrogens with one attached hydrogen (secondary N) is 1. The smallest absolute Gasteiger partial charge is 0.270 e. The van der Waals surface area contributed by atoms with Gasteiger partial charge in [-0.2, -0.15) is 4.39 Å². The summed E-state index contributed by atoms with van der Waals surface area (Å²) in [4.78, 5) is 20.5. The molecule has 9 heteroatoms. The standard InChI is InChI=1S/C23H24F3N5O/c1-23(25,26)18-5-3-4-17(10-18)13-31(2)22-20(24)21(29-14-30-22)28-12-16-8-6-15(7-9-16)11-19(27)32/h3-10,14H,11-13H2,1-2H3,(H2,27,32)(H,28,29,30). The zero-order valence-corrected chi connectivity index (χ0v) is 17.8. The van der Waals surface area contributed by atoms with Gasteiger partial charge in [-0.05, 0) is 22.8 Å². The number of hydrogen-bond donors (Lipinski definition) is 2. The second kappa shape index (κ2) is 9.67. The average Bonchev–Trinajstić information content (AvgIpc) is 2.73. The van der Waals surface area contributed by atoms with Crippen LogP contribution in [-0.2, 0) is 30.2 Å². The summed E-state index contributed by atoms with van der Waals surface area (Å²) >= 11 is 0. The van der Waals surface area contributed by atoms with Gasteiger partial charge in [-0.25, -0.2) is 18.7 Å². The van der Waals surface area contributed by atoms with Crippen LogP contribution in [0, 0.1) is 5.82 Å². The van der Waals surface area contributed by atoms with E-state index in [0.29, 0.717) is 12.1 Å². The first-order chi connectivity index (χ1) is 15.1. The van der Waals surface area contributed by atoms with E-state index in [1.807, 2.05) is 12.1 Å². The summed E-state index contributed by atoms with van der Waals surface area (Å²) in [6.45, 7) is 1.34. The third-order valence-electron chi connectivity index (χ3n) is 4.85. The number of nitrogens with two attached hydrogens (primary N) is 1. The minimum absolute atomic E-state index is 0.0249. The number of aromatic nitrogens is 2. The molecule has 1 heterocycles. The summed E-state index contributed by atoms with van der Waals surface area (Å²) in [6.07, 6.45) is 1.40. The van der Waals surface area contributed by atoms with Crippen molar-refractivity contribution in [2.24, 2.45) is 5.73 Å². The molecule has 0 saturated heterocycles. The summed E-state index contributed by atoms with van der Waals surface area (Å²) < 4.78 is 42.2. The zero-order valence-electron chi connectivity index (χ0n) is 17.8. The Morgan fingerprint density at radius 1 is 1.09 bits per heavy atom. The molecule has 0 atom stereocenters. The Morgan fingerprint density at radius 2 is 1.78 bits per heavy atom. The molecule has 3 rings (SSSR count). The largest absolute Gasteiger partial charge is 0.369 e. The van der Waals surface area contributed by atoms with E-state index in [9.17, 15) is 13.6 Å². The molecule has 6 nitrogen and oxygen atoms in total. The minimum atomic E-state index is -2.95. The third kappa shape index (κ3) is 5.96. The van der Waals surface area contributed by atoms with Crippen molar-refractivity contribution in [3.8, 4) is 0 Å². The number of hydrogen-bond acceptors (Lipinski definition) is 5. The fraction of sp³-hybridized carbons (Fsp3) is 0.261. The van der Waals surface area contributed by atoms with Crippen molar-refractivity contribution in [2.75, 3.05) is 17.3 Å². The number of alkyl halides is 2. The number of nitrogens with zero attached hydrogens (tertiary/aromatic N) is 3. The van der Waals surface area contributed by atoms with Crippen LogP contribution in [-0.4, -0.2) is 22.9 Å². The Balaban J connectivity index is 1.69. The number of carbonyl (C=O) groups is 1. The molecule has 32 heavy (non-hydrogen) atoms. The topological polar surface area (TPSA) is 84.1 Å². The van der Waals surface area contributed by atoms with Crippen molar-refractivity contribution >= 4 is 17.5 Å². The first kappa shape index (κ1) is 23.1. The summed E-state index contributed by atoms with van der Waals surface area (Å²) in [6, 6.07) is 13.2. The molecule has 0 aliphatic rings. The van der Waals surface area contributed by atoms with Crippen molar-refractivity contribution < 1.29 is 18.0 Å². The SMILES string of the molecule is CN(Cc1cccc(C(C)(F)F)c1)c1ncnc(NCc2ccc(CC(N)=O)cc2)c1F. The molecule has 0 unspecified atom stereocenters. The van der Waals surface area contributed by atoms with E-state index in [4.69, 9.17) is 5.73 Å². The molecule has 3 aromatic rings. The molecule has 0 saturated carbocycles. The quantitative estimate of drug-likeness (QED) is 0.522. The van der Waals surface area contributed by atoms with Gasteiger partial charge in [0.15, 0.2) is 11.6 Å². The van der Waals surface area contributed by atoms with Gasteiger partial charge in [0.2, 0.25) is 11.7 Å². The van der Waals surface area contributed by atoms with E-state index in [1.54, 1.807) is 31.3 Å². The molecule has 2 aromatic carbocycles. The van der Waals surface area contributed by atoms with Gasteiger partial charge >= 0.3 is 0 Å². The number of carbonyl (C=O) groups excluding carboxylic acids is 1. The lowest BCUT2D eigenvalue weighted by Crippen LogP contribution is -2.21. The second-order valence-electron chi connectivity index (χ2n) is 7.62. The fourth-order valence-corrected chi connectivity index (χ4v) is 3.20. The molecular formula is C23H24F3N5O. The molecule has 0 radical (unpaired) electrons. The maximum absolute atomic E-state index is 15.0. The molecule has 1 amide bonds. The highest BCUT2D eigenvalue weighted by Crippen LogP contribution is 2.28. The van der Waals surface area contributed by atoms with Gasteiger partial charge in [0.05, 0.1) is 6.42 Å². The van der Waals surface area contributed by atoms with Crippen molar-refractivity contribution in [1.29, 1.82) is 0 Å². The Kier molecular flexibility index (Phi) is 6.97. The maximum Gasteiger partial charge on any atom is 0.270 e. The highest BCUT2D eigenvalue weighted by atomic mass is 19.3. The summed E-state index contributed by atoms with van der Waals surface area (Å²) in [5.74, 6) is -3.93. The minimum Gasteiger partial charge on any atom is -0.369 e. The monoisotopic (exact) mass is 443 g/mol. The van der Waals surface area contributed by atoms with Gasteiger partial charge in [0.1, 0.15) is 6.33 Å². The highest BCUT2D eigenvalue weighted by Gasteiger charge is 2.24. The normalized spacial score (nSPS) is 11.3. The van der Waals surface area contributed by atoms with E-state index < -0.39 is 17.6 Å². The number of halogens is 3. The molecule has 0 fully saturated rings. The van der Waals surface area contributed by atoms with Crippen molar-refractivity contribution in [3.63, 3.8) is 0 Å². The van der Waals surface area contributed by atoms with Gasteiger partial charge in [-0.3, -0.25) is 4.79 Å². The van der Waals surface area contributed by atoms with Crippen LogP contribution in [0.5, 0.6) is 0 Å². The molecule has 0 aliphatic heterocycles. The van der Waals surface area contributed by atoms with Crippen LogP contribution >= 0.6 is 0 Å². The molecule has 168 valence electrons. The number of rotatable bonds is 9. The number of anilines is 2. The van der Waals surface area contributed by atoms with Crippen LogP contribution in [0.3, 0.4) is 0 Å². The van der Waals surface area contributed by atoms with Gasteiger partial charge < -0.3 is 16.0 Å². The molecule has 1 aromatic heterocycles. The fourth-order valence-electron chi connectivity index (χ4n) is 3.20.